The Morgan fingerprint density at radius 2 is 1.75 bits per heavy atom. The molecule has 0 bridgehead atoms. The molecule has 2 aromatic rings. The van der Waals surface area contributed by atoms with Gasteiger partial charge in [0.15, 0.2) is 5.13 Å². The van der Waals surface area contributed by atoms with E-state index in [2.05, 4.69) is 26.9 Å². The predicted molar refractivity (Wildman–Crippen MR) is 85.9 cm³/mol. The Bertz CT molecular complexity index is 561. The molecule has 1 aliphatic heterocycles. The summed E-state index contributed by atoms with van der Waals surface area (Å²) in [5, 5.41) is 1.87. The minimum atomic E-state index is 0.572. The van der Waals surface area contributed by atoms with Gasteiger partial charge < -0.3 is 15.5 Å². The third kappa shape index (κ3) is 2.90. The summed E-state index contributed by atoms with van der Waals surface area (Å²) < 4.78 is 0. The number of anilines is 2. The van der Waals surface area contributed by atoms with Crippen LogP contribution in [0.15, 0.2) is 30.5 Å². The summed E-state index contributed by atoms with van der Waals surface area (Å²) in [6.07, 6.45) is 1.88. The van der Waals surface area contributed by atoms with Gasteiger partial charge in [0.05, 0.1) is 0 Å². The number of nitrogens with two attached hydrogens (primary N) is 1. The first kappa shape index (κ1) is 13.7. The molecule has 1 fully saturated rings. The standard InChI is InChI=1S/C14H17ClN4S/c15-11-1-3-12(4-2-11)18-5-7-19(8-6-18)14-17-10-13(9-16)20-14/h1-4,10H,5-9,16H2. The Hall–Kier alpha value is -1.30. The number of thiazole rings is 1. The lowest BCUT2D eigenvalue weighted by Gasteiger charge is -2.36. The number of rotatable bonds is 3. The predicted octanol–water partition coefficient (Wildman–Crippen LogP) is 2.58. The van der Waals surface area contributed by atoms with E-state index in [1.54, 1.807) is 11.3 Å². The van der Waals surface area contributed by atoms with E-state index in [1.807, 2.05) is 18.3 Å². The van der Waals surface area contributed by atoms with Crippen LogP contribution in [-0.2, 0) is 6.54 Å². The van der Waals surface area contributed by atoms with Crippen LogP contribution in [0.3, 0.4) is 0 Å². The van der Waals surface area contributed by atoms with Gasteiger partial charge in [-0.25, -0.2) is 4.98 Å². The van der Waals surface area contributed by atoms with E-state index in [0.717, 1.165) is 41.2 Å². The minimum Gasteiger partial charge on any atom is -0.368 e. The minimum absolute atomic E-state index is 0.572. The number of benzene rings is 1. The van der Waals surface area contributed by atoms with Crippen molar-refractivity contribution in [3.8, 4) is 0 Å². The maximum Gasteiger partial charge on any atom is 0.185 e. The summed E-state index contributed by atoms with van der Waals surface area (Å²) in [6.45, 7) is 4.54. The van der Waals surface area contributed by atoms with Gasteiger partial charge in [-0.15, -0.1) is 11.3 Å². The molecule has 0 unspecified atom stereocenters. The summed E-state index contributed by atoms with van der Waals surface area (Å²) in [5.74, 6) is 0. The smallest absolute Gasteiger partial charge is 0.185 e. The molecule has 106 valence electrons. The van der Waals surface area contributed by atoms with E-state index in [4.69, 9.17) is 17.3 Å². The quantitative estimate of drug-likeness (QED) is 0.946. The van der Waals surface area contributed by atoms with Crippen LogP contribution in [0.1, 0.15) is 4.88 Å². The van der Waals surface area contributed by atoms with E-state index in [1.165, 1.54) is 5.69 Å². The molecule has 3 rings (SSSR count). The molecule has 20 heavy (non-hydrogen) atoms. The average Bonchev–Trinajstić information content (AvgIpc) is 2.97. The monoisotopic (exact) mass is 308 g/mol. The van der Waals surface area contributed by atoms with Gasteiger partial charge in [-0.05, 0) is 24.3 Å². The zero-order valence-electron chi connectivity index (χ0n) is 11.1. The third-order valence-corrected chi connectivity index (χ3v) is 4.82. The second-order valence-corrected chi connectivity index (χ2v) is 6.29. The van der Waals surface area contributed by atoms with E-state index in [-0.39, 0.29) is 0 Å². The molecular weight excluding hydrogens is 292 g/mol. The first-order valence-electron chi connectivity index (χ1n) is 6.66. The number of piperazine rings is 1. The number of halogens is 1. The van der Waals surface area contributed by atoms with E-state index < -0.39 is 0 Å². The molecule has 1 aromatic heterocycles. The second kappa shape index (κ2) is 5.99. The highest BCUT2D eigenvalue weighted by atomic mass is 35.5. The SMILES string of the molecule is NCc1cnc(N2CCN(c3ccc(Cl)cc3)CC2)s1. The fraction of sp³-hybridized carbons (Fsp3) is 0.357. The maximum atomic E-state index is 5.93. The first-order chi connectivity index (χ1) is 9.76. The zero-order chi connectivity index (χ0) is 13.9. The summed E-state index contributed by atoms with van der Waals surface area (Å²) in [6, 6.07) is 8.04. The van der Waals surface area contributed by atoms with Crippen LogP contribution in [0.5, 0.6) is 0 Å². The number of nitrogens with zero attached hydrogens (tertiary/aromatic N) is 3. The summed E-state index contributed by atoms with van der Waals surface area (Å²) >= 11 is 7.62. The van der Waals surface area contributed by atoms with Gasteiger partial charge >= 0.3 is 0 Å². The molecule has 2 heterocycles. The van der Waals surface area contributed by atoms with Crippen molar-refractivity contribution in [1.29, 1.82) is 0 Å². The van der Waals surface area contributed by atoms with Gasteiger partial charge in [-0.2, -0.15) is 0 Å². The lowest BCUT2D eigenvalue weighted by atomic mass is 10.2. The van der Waals surface area contributed by atoms with Gasteiger partial charge in [0.25, 0.3) is 0 Å². The number of aromatic nitrogens is 1. The topological polar surface area (TPSA) is 45.4 Å². The van der Waals surface area contributed by atoms with Crippen molar-refractivity contribution in [2.75, 3.05) is 36.0 Å². The molecule has 6 heteroatoms. The second-order valence-electron chi connectivity index (χ2n) is 4.76. The number of hydrogen-bond donors (Lipinski definition) is 1. The molecule has 0 amide bonds. The first-order valence-corrected chi connectivity index (χ1v) is 7.86. The van der Waals surface area contributed by atoms with Crippen LogP contribution in [-0.4, -0.2) is 31.2 Å². The molecule has 0 spiro atoms. The van der Waals surface area contributed by atoms with Crippen molar-refractivity contribution in [2.24, 2.45) is 5.73 Å². The summed E-state index contributed by atoms with van der Waals surface area (Å²) in [5.41, 5.74) is 6.87. The normalized spacial score (nSPS) is 15.7. The van der Waals surface area contributed by atoms with Crippen molar-refractivity contribution in [3.05, 3.63) is 40.4 Å². The molecule has 2 N–H and O–H groups in total. The van der Waals surface area contributed by atoms with Gasteiger partial charge in [-0.1, -0.05) is 11.6 Å². The Balaban J connectivity index is 1.63. The third-order valence-electron chi connectivity index (χ3n) is 3.48. The van der Waals surface area contributed by atoms with Gasteiger partial charge in [0, 0.05) is 54.5 Å². The lowest BCUT2D eigenvalue weighted by Crippen LogP contribution is -2.46. The van der Waals surface area contributed by atoms with Crippen LogP contribution < -0.4 is 15.5 Å². The Morgan fingerprint density at radius 3 is 2.35 bits per heavy atom. The Kier molecular flexibility index (Phi) is 4.10. The van der Waals surface area contributed by atoms with Crippen LogP contribution in [0.4, 0.5) is 10.8 Å². The van der Waals surface area contributed by atoms with Crippen molar-refractivity contribution in [1.82, 2.24) is 4.98 Å². The lowest BCUT2D eigenvalue weighted by molar-refractivity contribution is 0.652. The van der Waals surface area contributed by atoms with Crippen LogP contribution >= 0.6 is 22.9 Å². The molecular formula is C14H17ClN4S. The van der Waals surface area contributed by atoms with Gasteiger partial charge in [-0.3, -0.25) is 0 Å². The van der Waals surface area contributed by atoms with Crippen molar-refractivity contribution < 1.29 is 0 Å². The molecule has 0 atom stereocenters. The Morgan fingerprint density at radius 1 is 1.10 bits per heavy atom. The highest BCUT2D eigenvalue weighted by Gasteiger charge is 2.19. The van der Waals surface area contributed by atoms with Gasteiger partial charge in [0.2, 0.25) is 0 Å². The Labute approximate surface area is 127 Å². The molecule has 0 aliphatic carbocycles. The largest absolute Gasteiger partial charge is 0.368 e. The van der Waals surface area contributed by atoms with Crippen LogP contribution in [0, 0.1) is 0 Å². The van der Waals surface area contributed by atoms with Crippen molar-refractivity contribution in [3.63, 3.8) is 0 Å². The molecule has 1 saturated heterocycles. The van der Waals surface area contributed by atoms with E-state index in [9.17, 15) is 0 Å². The van der Waals surface area contributed by atoms with Crippen LogP contribution in [0.25, 0.3) is 0 Å². The molecule has 0 saturated carbocycles. The van der Waals surface area contributed by atoms with Crippen LogP contribution in [0.2, 0.25) is 5.02 Å². The molecule has 4 nitrogen and oxygen atoms in total. The van der Waals surface area contributed by atoms with Crippen molar-refractivity contribution in [2.45, 2.75) is 6.54 Å². The van der Waals surface area contributed by atoms with Crippen molar-refractivity contribution >= 4 is 33.8 Å². The summed E-state index contributed by atoms with van der Waals surface area (Å²) in [7, 11) is 0. The highest BCUT2D eigenvalue weighted by molar-refractivity contribution is 7.15. The molecule has 0 radical (unpaired) electrons. The van der Waals surface area contributed by atoms with E-state index in [0.29, 0.717) is 6.54 Å². The fourth-order valence-corrected chi connectivity index (χ4v) is 3.31. The highest BCUT2D eigenvalue weighted by Crippen LogP contribution is 2.25. The summed E-state index contributed by atoms with van der Waals surface area (Å²) in [4.78, 5) is 10.3. The zero-order valence-corrected chi connectivity index (χ0v) is 12.7. The molecule has 1 aromatic carbocycles. The fourth-order valence-electron chi connectivity index (χ4n) is 2.35. The molecule has 1 aliphatic rings. The van der Waals surface area contributed by atoms with E-state index >= 15 is 0 Å². The number of hydrogen-bond acceptors (Lipinski definition) is 5. The van der Waals surface area contributed by atoms with Gasteiger partial charge in [0.1, 0.15) is 0 Å². The maximum absolute atomic E-state index is 5.93. The average molecular weight is 309 g/mol.